The summed E-state index contributed by atoms with van der Waals surface area (Å²) in [4.78, 5) is 0. The Morgan fingerprint density at radius 3 is 1.50 bits per heavy atom. The first kappa shape index (κ1) is 15.2. The Kier molecular flexibility index (Phi) is 5.49. The molecule has 0 aromatic rings. The number of hydrogen-bond acceptors (Lipinski definition) is 0. The van der Waals surface area contributed by atoms with Gasteiger partial charge in [0.05, 0.1) is 0 Å². The van der Waals surface area contributed by atoms with Gasteiger partial charge < -0.3 is 0 Å². The lowest BCUT2D eigenvalue weighted by molar-refractivity contribution is -0.135. The van der Waals surface area contributed by atoms with Crippen molar-refractivity contribution >= 4 is 58.0 Å². The fraction of sp³-hybridized carbons (Fsp3) is 1.00. The summed E-state index contributed by atoms with van der Waals surface area (Å²) in [5.41, 5.74) is 0. The van der Waals surface area contributed by atoms with E-state index in [0.29, 0.717) is 0 Å². The van der Waals surface area contributed by atoms with E-state index in [1.54, 1.807) is 0 Å². The van der Waals surface area contributed by atoms with E-state index >= 15 is 0 Å². The zero-order chi connectivity index (χ0) is 11.6. The molecule has 0 aliphatic heterocycles. The molecule has 0 aromatic heterocycles. The first-order valence-corrected chi connectivity index (χ1v) is 5.36. The lowest BCUT2D eigenvalue weighted by Gasteiger charge is -2.27. The molecule has 0 saturated heterocycles. The molecule has 0 spiro atoms. The summed E-state index contributed by atoms with van der Waals surface area (Å²) >= 11 is 27.2. The molecule has 0 radical (unpaired) electrons. The highest BCUT2D eigenvalue weighted by Crippen LogP contribution is 2.49. The van der Waals surface area contributed by atoms with E-state index in [-0.39, 0.29) is 12.8 Å². The zero-order valence-electron chi connectivity index (χ0n) is 6.65. The van der Waals surface area contributed by atoms with Gasteiger partial charge in [-0.1, -0.05) is 58.0 Å². The SMILES string of the molecule is FC(F)(F)CCCC(Cl)(Cl)C(Cl)(Cl)Cl. The summed E-state index contributed by atoms with van der Waals surface area (Å²) in [5, 5.41) is 0. The van der Waals surface area contributed by atoms with Crippen molar-refractivity contribution in [1.82, 2.24) is 0 Å². The Bertz CT molecular complexity index is 183. The van der Waals surface area contributed by atoms with Gasteiger partial charge in [0.25, 0.3) is 0 Å². The van der Waals surface area contributed by atoms with Crippen molar-refractivity contribution in [3.05, 3.63) is 0 Å². The Labute approximate surface area is 105 Å². The highest BCUT2D eigenvalue weighted by molar-refractivity contribution is 6.75. The predicted molar refractivity (Wildman–Crippen MR) is 54.6 cm³/mol. The van der Waals surface area contributed by atoms with Gasteiger partial charge in [-0.2, -0.15) is 13.2 Å². The molecule has 86 valence electrons. The van der Waals surface area contributed by atoms with Gasteiger partial charge in [0, 0.05) is 6.42 Å². The van der Waals surface area contributed by atoms with Crippen LogP contribution in [0.2, 0.25) is 0 Å². The molecule has 0 aliphatic rings. The van der Waals surface area contributed by atoms with Gasteiger partial charge >= 0.3 is 6.18 Å². The maximum Gasteiger partial charge on any atom is 0.389 e. The summed E-state index contributed by atoms with van der Waals surface area (Å²) < 4.78 is 31.4. The summed E-state index contributed by atoms with van der Waals surface area (Å²) in [6.07, 6.45) is -5.79. The minimum atomic E-state index is -4.25. The highest BCUT2D eigenvalue weighted by atomic mass is 35.6. The van der Waals surface area contributed by atoms with E-state index in [0.717, 1.165) is 0 Å². The van der Waals surface area contributed by atoms with Crippen LogP contribution in [0, 0.1) is 0 Å². The second kappa shape index (κ2) is 5.05. The van der Waals surface area contributed by atoms with Crippen molar-refractivity contribution < 1.29 is 13.2 Å². The first-order chi connectivity index (χ1) is 5.96. The van der Waals surface area contributed by atoms with E-state index in [1.807, 2.05) is 0 Å². The third-order valence-corrected chi connectivity index (χ3v) is 3.86. The number of alkyl halides is 8. The van der Waals surface area contributed by atoms with Gasteiger partial charge in [0.1, 0.15) is 0 Å². The smallest absolute Gasteiger partial charge is 0.171 e. The monoisotopic (exact) mass is 310 g/mol. The minimum absolute atomic E-state index is 0.244. The number of rotatable bonds is 3. The standard InChI is InChI=1S/C6H6Cl5F3/c7-4(8,6(9,10)11)2-1-3-5(12,13)14/h1-3H2. The molecular formula is C6H6Cl5F3. The number of hydrogen-bond donors (Lipinski definition) is 0. The molecular weight excluding hydrogens is 306 g/mol. The molecule has 0 amide bonds. The lowest BCUT2D eigenvalue weighted by atomic mass is 10.2. The van der Waals surface area contributed by atoms with Gasteiger partial charge in [0.2, 0.25) is 3.79 Å². The maximum absolute atomic E-state index is 11.7. The van der Waals surface area contributed by atoms with Crippen LogP contribution in [0.25, 0.3) is 0 Å². The summed E-state index contributed by atoms with van der Waals surface area (Å²) in [6, 6.07) is 0. The quantitative estimate of drug-likeness (QED) is 0.623. The molecule has 0 atom stereocenters. The molecule has 0 bridgehead atoms. The summed E-state index contributed by atoms with van der Waals surface area (Å²) in [6.45, 7) is 0. The van der Waals surface area contributed by atoms with Crippen molar-refractivity contribution in [3.63, 3.8) is 0 Å². The van der Waals surface area contributed by atoms with Crippen LogP contribution in [0.3, 0.4) is 0 Å². The van der Waals surface area contributed by atoms with Crippen LogP contribution in [0.1, 0.15) is 19.3 Å². The van der Waals surface area contributed by atoms with E-state index in [4.69, 9.17) is 58.0 Å². The zero-order valence-corrected chi connectivity index (χ0v) is 10.4. The van der Waals surface area contributed by atoms with Crippen LogP contribution in [-0.2, 0) is 0 Å². The van der Waals surface area contributed by atoms with Gasteiger partial charge in [-0.3, -0.25) is 0 Å². The molecule has 0 aromatic carbocycles. The highest BCUT2D eigenvalue weighted by Gasteiger charge is 2.45. The lowest BCUT2D eigenvalue weighted by Crippen LogP contribution is -2.31. The van der Waals surface area contributed by atoms with Crippen molar-refractivity contribution in [2.24, 2.45) is 0 Å². The molecule has 14 heavy (non-hydrogen) atoms. The van der Waals surface area contributed by atoms with E-state index < -0.39 is 20.7 Å². The third kappa shape index (κ3) is 5.96. The molecule has 0 unspecified atom stereocenters. The Balaban J connectivity index is 4.02. The molecule has 0 rings (SSSR count). The molecule has 0 heterocycles. The Hall–Kier alpha value is 1.24. The molecule has 0 nitrogen and oxygen atoms in total. The van der Waals surface area contributed by atoms with Crippen LogP contribution in [-0.4, -0.2) is 14.3 Å². The molecule has 8 heteroatoms. The third-order valence-electron chi connectivity index (χ3n) is 1.37. The first-order valence-electron chi connectivity index (χ1n) is 3.47. The fourth-order valence-corrected chi connectivity index (χ4v) is 1.20. The Morgan fingerprint density at radius 2 is 1.21 bits per heavy atom. The van der Waals surface area contributed by atoms with Gasteiger partial charge in [0.15, 0.2) is 4.33 Å². The summed E-state index contributed by atoms with van der Waals surface area (Å²) in [5.74, 6) is 0. The van der Waals surface area contributed by atoms with Gasteiger partial charge in [-0.15, -0.1) is 0 Å². The topological polar surface area (TPSA) is 0 Å². The average molecular weight is 312 g/mol. The van der Waals surface area contributed by atoms with Crippen molar-refractivity contribution in [2.75, 3.05) is 0 Å². The Morgan fingerprint density at radius 1 is 0.786 bits per heavy atom. The van der Waals surface area contributed by atoms with Crippen molar-refractivity contribution in [3.8, 4) is 0 Å². The van der Waals surface area contributed by atoms with E-state index in [9.17, 15) is 13.2 Å². The number of halogens is 8. The van der Waals surface area contributed by atoms with E-state index in [1.165, 1.54) is 0 Å². The summed E-state index contributed by atoms with van der Waals surface area (Å²) in [7, 11) is 0. The van der Waals surface area contributed by atoms with Crippen molar-refractivity contribution in [2.45, 2.75) is 33.6 Å². The maximum atomic E-state index is 11.7. The van der Waals surface area contributed by atoms with Crippen LogP contribution < -0.4 is 0 Å². The molecule has 0 N–H and O–H groups in total. The van der Waals surface area contributed by atoms with Crippen LogP contribution in [0.5, 0.6) is 0 Å². The predicted octanol–water partition coefficient (Wildman–Crippen LogP) is 5.26. The van der Waals surface area contributed by atoms with Gasteiger partial charge in [-0.25, -0.2) is 0 Å². The van der Waals surface area contributed by atoms with Crippen molar-refractivity contribution in [1.29, 1.82) is 0 Å². The molecule has 0 fully saturated rings. The normalized spacial score (nSPS) is 14.6. The van der Waals surface area contributed by atoms with Gasteiger partial charge in [-0.05, 0) is 12.8 Å². The second-order valence-electron chi connectivity index (χ2n) is 2.67. The fourth-order valence-electron chi connectivity index (χ4n) is 0.653. The van der Waals surface area contributed by atoms with Crippen LogP contribution in [0.15, 0.2) is 0 Å². The second-order valence-corrected chi connectivity index (χ2v) is 6.44. The average Bonchev–Trinajstić information content (AvgIpc) is 1.80. The molecule has 0 saturated carbocycles. The van der Waals surface area contributed by atoms with Crippen LogP contribution in [0.4, 0.5) is 13.2 Å². The van der Waals surface area contributed by atoms with E-state index in [2.05, 4.69) is 0 Å². The van der Waals surface area contributed by atoms with Crippen LogP contribution >= 0.6 is 58.0 Å². The molecule has 0 aliphatic carbocycles. The minimum Gasteiger partial charge on any atom is -0.171 e. The largest absolute Gasteiger partial charge is 0.389 e.